The van der Waals surface area contributed by atoms with Gasteiger partial charge in [0.05, 0.1) is 24.2 Å². The lowest BCUT2D eigenvalue weighted by Crippen LogP contribution is -3.08. The third-order valence-corrected chi connectivity index (χ3v) is 5.03. The van der Waals surface area contributed by atoms with Gasteiger partial charge in [-0.15, -0.1) is 0 Å². The number of carbonyl (C=O) groups excluding carboxylic acids is 1. The fraction of sp³-hybridized carbons (Fsp3) is 0.375. The van der Waals surface area contributed by atoms with E-state index < -0.39 is 0 Å². The SMILES string of the molecule is Cc1ccc(C(=O)Nc2nc3c(s2)C[NH+](C)CC3)cc1C. The molecule has 1 amide bonds. The van der Waals surface area contributed by atoms with Crippen molar-refractivity contribution < 1.29 is 9.69 Å². The molecule has 0 saturated heterocycles. The quantitative estimate of drug-likeness (QED) is 0.885. The van der Waals surface area contributed by atoms with Crippen molar-refractivity contribution in [2.75, 3.05) is 18.9 Å². The molecule has 1 aliphatic heterocycles. The number of thiazole rings is 1. The van der Waals surface area contributed by atoms with Gasteiger partial charge in [-0.25, -0.2) is 4.98 Å². The van der Waals surface area contributed by atoms with Crippen LogP contribution in [0.1, 0.15) is 32.1 Å². The molecule has 2 N–H and O–H groups in total. The highest BCUT2D eigenvalue weighted by atomic mass is 32.1. The maximum absolute atomic E-state index is 12.3. The average molecular weight is 302 g/mol. The van der Waals surface area contributed by atoms with Crippen LogP contribution in [0.25, 0.3) is 0 Å². The summed E-state index contributed by atoms with van der Waals surface area (Å²) in [6.07, 6.45) is 0.997. The molecule has 1 aromatic carbocycles. The van der Waals surface area contributed by atoms with Gasteiger partial charge in [0.2, 0.25) is 0 Å². The van der Waals surface area contributed by atoms with E-state index >= 15 is 0 Å². The maximum Gasteiger partial charge on any atom is 0.257 e. The minimum Gasteiger partial charge on any atom is -0.333 e. The minimum atomic E-state index is -0.0788. The first kappa shape index (κ1) is 14.2. The van der Waals surface area contributed by atoms with Gasteiger partial charge in [-0.2, -0.15) is 0 Å². The van der Waals surface area contributed by atoms with Crippen LogP contribution in [0.15, 0.2) is 18.2 Å². The molecule has 5 heteroatoms. The molecule has 2 heterocycles. The second kappa shape index (κ2) is 5.58. The minimum absolute atomic E-state index is 0.0788. The first-order valence-electron chi connectivity index (χ1n) is 7.21. The lowest BCUT2D eigenvalue weighted by atomic mass is 10.1. The molecule has 2 aromatic rings. The van der Waals surface area contributed by atoms with E-state index in [0.29, 0.717) is 5.56 Å². The van der Waals surface area contributed by atoms with Crippen LogP contribution in [-0.2, 0) is 13.0 Å². The number of fused-ring (bicyclic) bond motifs is 1. The van der Waals surface area contributed by atoms with Gasteiger partial charge in [0, 0.05) is 12.0 Å². The molecule has 4 nitrogen and oxygen atoms in total. The predicted octanol–water partition coefficient (Wildman–Crippen LogP) is 1.58. The molecular weight excluding hydrogens is 282 g/mol. The summed E-state index contributed by atoms with van der Waals surface area (Å²) < 4.78 is 0. The Hall–Kier alpha value is -1.72. The predicted molar refractivity (Wildman–Crippen MR) is 85.1 cm³/mol. The van der Waals surface area contributed by atoms with Crippen LogP contribution < -0.4 is 10.2 Å². The molecule has 1 atom stereocenters. The number of benzene rings is 1. The lowest BCUT2D eigenvalue weighted by molar-refractivity contribution is -0.895. The van der Waals surface area contributed by atoms with Crippen LogP contribution in [0.5, 0.6) is 0 Å². The third kappa shape index (κ3) is 2.99. The van der Waals surface area contributed by atoms with Crippen molar-refractivity contribution in [2.45, 2.75) is 26.8 Å². The summed E-state index contributed by atoms with van der Waals surface area (Å²) in [4.78, 5) is 19.7. The monoisotopic (exact) mass is 302 g/mol. The summed E-state index contributed by atoms with van der Waals surface area (Å²) in [5, 5.41) is 3.66. The largest absolute Gasteiger partial charge is 0.333 e. The van der Waals surface area contributed by atoms with E-state index in [9.17, 15) is 4.79 Å². The topological polar surface area (TPSA) is 46.4 Å². The summed E-state index contributed by atoms with van der Waals surface area (Å²) in [7, 11) is 2.19. The van der Waals surface area contributed by atoms with Gasteiger partial charge >= 0.3 is 0 Å². The van der Waals surface area contributed by atoms with E-state index in [1.54, 1.807) is 11.3 Å². The van der Waals surface area contributed by atoms with Crippen LogP contribution >= 0.6 is 11.3 Å². The van der Waals surface area contributed by atoms with Gasteiger partial charge in [-0.05, 0) is 37.1 Å². The number of amides is 1. The Bertz CT molecular complexity index is 693. The van der Waals surface area contributed by atoms with Crippen molar-refractivity contribution in [3.8, 4) is 0 Å². The Morgan fingerprint density at radius 1 is 1.33 bits per heavy atom. The van der Waals surface area contributed by atoms with Crippen LogP contribution in [0.3, 0.4) is 0 Å². The number of rotatable bonds is 2. The van der Waals surface area contributed by atoms with E-state index in [2.05, 4.69) is 17.3 Å². The van der Waals surface area contributed by atoms with Crippen LogP contribution in [-0.4, -0.2) is 24.5 Å². The number of aryl methyl sites for hydroxylation is 2. The first-order chi connectivity index (χ1) is 10.0. The fourth-order valence-corrected chi connectivity index (χ4v) is 3.63. The van der Waals surface area contributed by atoms with Gasteiger partial charge in [0.25, 0.3) is 5.91 Å². The van der Waals surface area contributed by atoms with Gasteiger partial charge in [0.15, 0.2) is 5.13 Å². The maximum atomic E-state index is 12.3. The zero-order valence-corrected chi connectivity index (χ0v) is 13.4. The van der Waals surface area contributed by atoms with Crippen molar-refractivity contribution in [1.29, 1.82) is 0 Å². The third-order valence-electron chi connectivity index (χ3n) is 4.02. The molecule has 1 aromatic heterocycles. The number of likely N-dealkylation sites (N-methyl/N-ethyl adjacent to an activating group) is 1. The normalized spacial score (nSPS) is 17.4. The summed E-state index contributed by atoms with van der Waals surface area (Å²) in [6.45, 7) is 6.19. The van der Waals surface area contributed by atoms with E-state index in [1.165, 1.54) is 15.3 Å². The molecule has 0 fully saturated rings. The smallest absolute Gasteiger partial charge is 0.257 e. The molecule has 0 bridgehead atoms. The van der Waals surface area contributed by atoms with Gasteiger partial charge in [-0.3, -0.25) is 10.1 Å². The number of anilines is 1. The van der Waals surface area contributed by atoms with Crippen molar-refractivity contribution in [3.63, 3.8) is 0 Å². The molecule has 21 heavy (non-hydrogen) atoms. The van der Waals surface area contributed by atoms with E-state index in [1.807, 2.05) is 32.0 Å². The Morgan fingerprint density at radius 2 is 2.14 bits per heavy atom. The molecule has 110 valence electrons. The Balaban J connectivity index is 1.77. The summed E-state index contributed by atoms with van der Waals surface area (Å²) in [5.74, 6) is -0.0788. The molecule has 3 rings (SSSR count). The zero-order valence-electron chi connectivity index (χ0n) is 12.6. The number of hydrogen-bond acceptors (Lipinski definition) is 3. The van der Waals surface area contributed by atoms with E-state index in [4.69, 9.17) is 0 Å². The van der Waals surface area contributed by atoms with Gasteiger partial charge < -0.3 is 4.90 Å². The fourth-order valence-electron chi connectivity index (χ4n) is 2.52. The van der Waals surface area contributed by atoms with Gasteiger partial charge in [0.1, 0.15) is 6.54 Å². The highest BCUT2D eigenvalue weighted by Crippen LogP contribution is 2.24. The summed E-state index contributed by atoms with van der Waals surface area (Å²) in [5.41, 5.74) is 4.17. The Morgan fingerprint density at radius 3 is 2.90 bits per heavy atom. The summed E-state index contributed by atoms with van der Waals surface area (Å²) in [6, 6.07) is 5.77. The first-order valence-corrected chi connectivity index (χ1v) is 8.03. The zero-order chi connectivity index (χ0) is 15.0. The van der Waals surface area contributed by atoms with E-state index in [-0.39, 0.29) is 5.91 Å². The van der Waals surface area contributed by atoms with Crippen molar-refractivity contribution >= 4 is 22.4 Å². The van der Waals surface area contributed by atoms with Crippen molar-refractivity contribution in [3.05, 3.63) is 45.5 Å². The highest BCUT2D eigenvalue weighted by molar-refractivity contribution is 7.15. The Kier molecular flexibility index (Phi) is 3.78. The molecule has 1 aliphatic rings. The van der Waals surface area contributed by atoms with Crippen LogP contribution in [0.4, 0.5) is 5.13 Å². The molecule has 0 aliphatic carbocycles. The van der Waals surface area contributed by atoms with Crippen molar-refractivity contribution in [1.82, 2.24) is 4.98 Å². The lowest BCUT2D eigenvalue weighted by Gasteiger charge is -2.17. The molecule has 0 spiro atoms. The van der Waals surface area contributed by atoms with Crippen molar-refractivity contribution in [2.24, 2.45) is 0 Å². The average Bonchev–Trinajstić information content (AvgIpc) is 2.83. The number of hydrogen-bond donors (Lipinski definition) is 2. The number of quaternary nitrogens is 1. The van der Waals surface area contributed by atoms with Crippen LogP contribution in [0.2, 0.25) is 0 Å². The second-order valence-corrected chi connectivity index (χ2v) is 6.86. The second-order valence-electron chi connectivity index (χ2n) is 5.78. The number of nitrogens with zero attached hydrogens (tertiary/aromatic N) is 1. The number of nitrogens with one attached hydrogen (secondary N) is 2. The summed E-state index contributed by atoms with van der Waals surface area (Å²) >= 11 is 1.61. The molecule has 1 unspecified atom stereocenters. The van der Waals surface area contributed by atoms with E-state index in [0.717, 1.165) is 35.9 Å². The number of aromatic nitrogens is 1. The highest BCUT2D eigenvalue weighted by Gasteiger charge is 2.21. The van der Waals surface area contributed by atoms with Crippen LogP contribution in [0, 0.1) is 13.8 Å². The molecule has 0 radical (unpaired) electrons. The molecule has 0 saturated carbocycles. The van der Waals surface area contributed by atoms with Gasteiger partial charge in [-0.1, -0.05) is 17.4 Å². The number of carbonyl (C=O) groups is 1. The Labute approximate surface area is 128 Å². The standard InChI is InChI=1S/C16H19N3OS/c1-10-4-5-12(8-11(10)2)15(20)18-16-17-13-6-7-19(3)9-14(13)21-16/h4-5,8H,6-7,9H2,1-3H3,(H,17,18,20)/p+1. The molecular formula is C16H20N3OS+.